The molecular weight excluding hydrogens is 256 g/mol. The summed E-state index contributed by atoms with van der Waals surface area (Å²) < 4.78 is 13.2. The van der Waals surface area contributed by atoms with Crippen LogP contribution in [0.5, 0.6) is 5.75 Å². The van der Waals surface area contributed by atoms with Gasteiger partial charge in [0.2, 0.25) is 0 Å². The van der Waals surface area contributed by atoms with Gasteiger partial charge in [-0.05, 0) is 26.4 Å². The zero-order chi connectivity index (χ0) is 14.7. The Kier molecular flexibility index (Phi) is 5.01. The molecule has 6 nitrogen and oxygen atoms in total. The molecule has 3 unspecified atom stereocenters. The highest BCUT2D eigenvalue weighted by molar-refractivity contribution is 5.29. The van der Waals surface area contributed by atoms with Crippen LogP contribution in [-0.4, -0.2) is 55.1 Å². The van der Waals surface area contributed by atoms with Crippen LogP contribution in [0.3, 0.4) is 0 Å². The highest BCUT2D eigenvalue weighted by atomic mass is 16.5. The molecule has 0 bridgehead atoms. The minimum atomic E-state index is -0.202. The van der Waals surface area contributed by atoms with Crippen molar-refractivity contribution in [2.45, 2.75) is 32.0 Å². The summed E-state index contributed by atoms with van der Waals surface area (Å²) in [6.07, 6.45) is 2.84. The van der Waals surface area contributed by atoms with E-state index in [0.29, 0.717) is 5.92 Å². The van der Waals surface area contributed by atoms with Crippen molar-refractivity contribution in [1.29, 1.82) is 0 Å². The van der Waals surface area contributed by atoms with Crippen LogP contribution in [0.2, 0.25) is 0 Å². The third-order valence-corrected chi connectivity index (χ3v) is 3.94. The number of ether oxygens (including phenoxy) is 2. The van der Waals surface area contributed by atoms with E-state index in [9.17, 15) is 0 Å². The van der Waals surface area contributed by atoms with Crippen molar-refractivity contribution in [3.05, 3.63) is 11.9 Å². The second kappa shape index (κ2) is 6.56. The van der Waals surface area contributed by atoms with Gasteiger partial charge in [-0.3, -0.25) is 4.68 Å². The van der Waals surface area contributed by atoms with Crippen molar-refractivity contribution in [2.24, 2.45) is 11.7 Å². The number of hydrogen-bond acceptors (Lipinski definition) is 5. The minimum absolute atomic E-state index is 0.0405. The van der Waals surface area contributed by atoms with Gasteiger partial charge in [0.15, 0.2) is 5.75 Å². The van der Waals surface area contributed by atoms with E-state index in [1.807, 2.05) is 18.8 Å². The van der Waals surface area contributed by atoms with E-state index < -0.39 is 0 Å². The van der Waals surface area contributed by atoms with Gasteiger partial charge < -0.3 is 20.1 Å². The van der Waals surface area contributed by atoms with Crippen LogP contribution in [0.1, 0.15) is 25.1 Å². The van der Waals surface area contributed by atoms with Crippen molar-refractivity contribution in [3.63, 3.8) is 0 Å². The quantitative estimate of drug-likeness (QED) is 0.839. The maximum absolute atomic E-state index is 6.44. The van der Waals surface area contributed by atoms with Crippen molar-refractivity contribution in [3.8, 4) is 5.75 Å². The summed E-state index contributed by atoms with van der Waals surface area (Å²) in [5, 5.41) is 4.41. The third kappa shape index (κ3) is 3.13. The summed E-state index contributed by atoms with van der Waals surface area (Å²) in [5.74, 6) is 1.21. The molecule has 20 heavy (non-hydrogen) atoms. The minimum Gasteiger partial charge on any atom is -0.493 e. The summed E-state index contributed by atoms with van der Waals surface area (Å²) in [4.78, 5) is 2.12. The van der Waals surface area contributed by atoms with E-state index >= 15 is 0 Å². The topological polar surface area (TPSA) is 65.5 Å². The average molecular weight is 282 g/mol. The fourth-order valence-corrected chi connectivity index (χ4v) is 2.68. The lowest BCUT2D eigenvalue weighted by Gasteiger charge is -2.24. The fourth-order valence-electron chi connectivity index (χ4n) is 2.68. The van der Waals surface area contributed by atoms with Crippen LogP contribution in [0.25, 0.3) is 0 Å². The van der Waals surface area contributed by atoms with Gasteiger partial charge in [0, 0.05) is 13.2 Å². The Balaban J connectivity index is 2.21. The standard InChI is InChI=1S/C14H26N4O2/c1-10-5-8-20-14(10)12(15)13-11(19-4)9-16-18(13)7-6-17(2)3/h9-10,12,14H,5-8,15H2,1-4H3. The number of aromatic nitrogens is 2. The molecule has 1 aliphatic rings. The van der Waals surface area contributed by atoms with E-state index in [1.54, 1.807) is 13.3 Å². The first-order valence-electron chi connectivity index (χ1n) is 7.16. The summed E-state index contributed by atoms with van der Waals surface area (Å²) in [7, 11) is 5.74. The van der Waals surface area contributed by atoms with Gasteiger partial charge in [0.1, 0.15) is 0 Å². The Hall–Kier alpha value is -1.11. The van der Waals surface area contributed by atoms with Gasteiger partial charge in [-0.25, -0.2) is 0 Å². The van der Waals surface area contributed by atoms with Gasteiger partial charge in [0.25, 0.3) is 0 Å². The molecule has 0 spiro atoms. The van der Waals surface area contributed by atoms with Crippen molar-refractivity contribution < 1.29 is 9.47 Å². The van der Waals surface area contributed by atoms with Crippen LogP contribution >= 0.6 is 0 Å². The van der Waals surface area contributed by atoms with Crippen LogP contribution < -0.4 is 10.5 Å². The maximum atomic E-state index is 6.44. The molecule has 1 aromatic heterocycles. The lowest BCUT2D eigenvalue weighted by Crippen LogP contribution is -2.33. The molecule has 2 rings (SSSR count). The number of nitrogens with two attached hydrogens (primary N) is 1. The Morgan fingerprint density at radius 3 is 2.90 bits per heavy atom. The first-order chi connectivity index (χ1) is 9.54. The van der Waals surface area contributed by atoms with Gasteiger partial charge in [-0.15, -0.1) is 0 Å². The van der Waals surface area contributed by atoms with Gasteiger partial charge in [-0.2, -0.15) is 5.10 Å². The van der Waals surface area contributed by atoms with Crippen molar-refractivity contribution in [1.82, 2.24) is 14.7 Å². The Labute approximate surface area is 120 Å². The van der Waals surface area contributed by atoms with E-state index in [0.717, 1.165) is 37.6 Å². The largest absolute Gasteiger partial charge is 0.493 e. The first-order valence-corrected chi connectivity index (χ1v) is 7.16. The molecule has 1 fully saturated rings. The molecule has 1 aromatic rings. The lowest BCUT2D eigenvalue weighted by molar-refractivity contribution is 0.0691. The van der Waals surface area contributed by atoms with Crippen LogP contribution in [-0.2, 0) is 11.3 Å². The van der Waals surface area contributed by atoms with E-state index in [4.69, 9.17) is 15.2 Å². The molecule has 3 atom stereocenters. The average Bonchev–Trinajstić information content (AvgIpc) is 3.01. The highest BCUT2D eigenvalue weighted by Crippen LogP contribution is 2.33. The Morgan fingerprint density at radius 2 is 2.35 bits per heavy atom. The zero-order valence-electron chi connectivity index (χ0n) is 12.9. The van der Waals surface area contributed by atoms with Crippen LogP contribution in [0, 0.1) is 5.92 Å². The van der Waals surface area contributed by atoms with E-state index in [1.165, 1.54) is 0 Å². The molecule has 6 heteroatoms. The van der Waals surface area contributed by atoms with Gasteiger partial charge in [0.05, 0.1) is 37.7 Å². The molecule has 1 aliphatic heterocycles. The van der Waals surface area contributed by atoms with Gasteiger partial charge >= 0.3 is 0 Å². The summed E-state index contributed by atoms with van der Waals surface area (Å²) in [5.41, 5.74) is 7.38. The van der Waals surface area contributed by atoms with Crippen LogP contribution in [0.15, 0.2) is 6.20 Å². The molecular formula is C14H26N4O2. The number of hydrogen-bond donors (Lipinski definition) is 1. The normalized spacial score (nSPS) is 24.3. The van der Waals surface area contributed by atoms with Crippen molar-refractivity contribution in [2.75, 3.05) is 34.4 Å². The predicted octanol–water partition coefficient (Wildman–Crippen LogP) is 0.878. The number of rotatable bonds is 6. The summed E-state index contributed by atoms with van der Waals surface area (Å²) in [6, 6.07) is -0.202. The molecule has 0 aliphatic carbocycles. The number of methoxy groups -OCH3 is 1. The SMILES string of the molecule is COc1cnn(CCN(C)C)c1C(N)C1OCCC1C. The maximum Gasteiger partial charge on any atom is 0.161 e. The van der Waals surface area contributed by atoms with E-state index in [-0.39, 0.29) is 12.1 Å². The molecule has 0 radical (unpaired) electrons. The first kappa shape index (κ1) is 15.3. The van der Waals surface area contributed by atoms with Crippen molar-refractivity contribution >= 4 is 0 Å². The van der Waals surface area contributed by atoms with Gasteiger partial charge in [-0.1, -0.05) is 6.92 Å². The monoisotopic (exact) mass is 282 g/mol. The number of nitrogens with zero attached hydrogens (tertiary/aromatic N) is 3. The molecule has 2 heterocycles. The molecule has 114 valence electrons. The fraction of sp³-hybridized carbons (Fsp3) is 0.786. The third-order valence-electron chi connectivity index (χ3n) is 3.94. The van der Waals surface area contributed by atoms with E-state index in [2.05, 4.69) is 16.9 Å². The van der Waals surface area contributed by atoms with Crippen LogP contribution in [0.4, 0.5) is 0 Å². The summed E-state index contributed by atoms with van der Waals surface area (Å²) >= 11 is 0. The number of likely N-dealkylation sites (N-methyl/N-ethyl adjacent to an activating group) is 1. The highest BCUT2D eigenvalue weighted by Gasteiger charge is 2.34. The Bertz CT molecular complexity index is 433. The molecule has 1 saturated heterocycles. The lowest BCUT2D eigenvalue weighted by atomic mass is 9.96. The molecule has 0 saturated carbocycles. The zero-order valence-corrected chi connectivity index (χ0v) is 12.9. The molecule has 0 amide bonds. The summed E-state index contributed by atoms with van der Waals surface area (Å²) in [6.45, 7) is 4.67. The second-order valence-electron chi connectivity index (χ2n) is 5.75. The predicted molar refractivity (Wildman–Crippen MR) is 77.8 cm³/mol. The Morgan fingerprint density at radius 1 is 1.60 bits per heavy atom. The smallest absolute Gasteiger partial charge is 0.161 e. The second-order valence-corrected chi connectivity index (χ2v) is 5.75. The molecule has 2 N–H and O–H groups in total. The molecule has 0 aromatic carbocycles.